The third kappa shape index (κ3) is 3.68. The van der Waals surface area contributed by atoms with Crippen molar-refractivity contribution in [3.05, 3.63) is 24.3 Å². The van der Waals surface area contributed by atoms with Gasteiger partial charge in [-0.05, 0) is 25.2 Å². The summed E-state index contributed by atoms with van der Waals surface area (Å²) in [5.41, 5.74) is 1.30. The smallest absolute Gasteiger partial charge is 1.00 e. The molecular weight excluding hydrogens is 215 g/mol. The molecule has 1 aliphatic heterocycles. The molecule has 0 saturated carbocycles. The minimum Gasteiger partial charge on any atom is -1.00 e. The van der Waals surface area contributed by atoms with E-state index in [1.807, 2.05) is 6.07 Å². The molecule has 0 aromatic heterocycles. The summed E-state index contributed by atoms with van der Waals surface area (Å²) in [6.07, 6.45) is 0. The number of likely N-dealkylation sites (N-methyl/N-ethyl adjacent to an activating group) is 1. The van der Waals surface area contributed by atoms with Crippen LogP contribution in [0.4, 0.5) is 5.69 Å². The molecule has 0 aliphatic carbocycles. The molecule has 1 aromatic rings. The maximum atomic E-state index is 4.35. The minimum absolute atomic E-state index is 0. The van der Waals surface area contributed by atoms with Crippen LogP contribution in [0.25, 0.3) is 0 Å². The first-order valence-corrected chi connectivity index (χ1v) is 5.43. The number of anilines is 1. The van der Waals surface area contributed by atoms with Gasteiger partial charge in [-0.25, -0.2) is 0 Å². The van der Waals surface area contributed by atoms with Crippen LogP contribution in [-0.2, 0) is 0 Å². The Balaban J connectivity index is 0.00000112. The van der Waals surface area contributed by atoms with Gasteiger partial charge in [-0.15, -0.1) is 12.6 Å². The fourth-order valence-electron chi connectivity index (χ4n) is 1.75. The van der Waals surface area contributed by atoms with E-state index in [1.165, 1.54) is 5.69 Å². The van der Waals surface area contributed by atoms with E-state index in [4.69, 9.17) is 0 Å². The molecular formula is C11H17N2NaS. The molecule has 0 spiro atoms. The first kappa shape index (κ1) is 13.4. The predicted octanol–water partition coefficient (Wildman–Crippen LogP) is -1.16. The van der Waals surface area contributed by atoms with Crippen LogP contribution in [-0.4, -0.2) is 38.1 Å². The average Bonchev–Trinajstić information content (AvgIpc) is 2.19. The summed E-state index contributed by atoms with van der Waals surface area (Å²) in [5, 5.41) is 0. The summed E-state index contributed by atoms with van der Waals surface area (Å²) < 4.78 is 0. The average molecular weight is 232 g/mol. The molecule has 1 aromatic carbocycles. The van der Waals surface area contributed by atoms with Crippen molar-refractivity contribution in [2.75, 3.05) is 38.1 Å². The van der Waals surface area contributed by atoms with Gasteiger partial charge in [-0.1, -0.05) is 6.07 Å². The molecule has 4 heteroatoms. The molecule has 78 valence electrons. The van der Waals surface area contributed by atoms with Crippen molar-refractivity contribution in [3.8, 4) is 0 Å². The Labute approximate surface area is 121 Å². The van der Waals surface area contributed by atoms with Crippen LogP contribution >= 0.6 is 12.6 Å². The van der Waals surface area contributed by atoms with E-state index in [0.29, 0.717) is 0 Å². The standard InChI is InChI=1S/C11H16N2S.Na.H/c1-12-5-7-13(8-6-12)10-3-2-4-11(14)9-10;;/h2-4,9,14H,5-8H2,1H3;;/q;+1;-1. The molecule has 15 heavy (non-hydrogen) atoms. The van der Waals surface area contributed by atoms with Gasteiger partial charge in [0.2, 0.25) is 0 Å². The third-order valence-electron chi connectivity index (χ3n) is 2.70. The van der Waals surface area contributed by atoms with Crippen LogP contribution < -0.4 is 34.5 Å². The molecule has 1 fully saturated rings. The molecule has 0 unspecified atom stereocenters. The van der Waals surface area contributed by atoms with Crippen molar-refractivity contribution < 1.29 is 31.0 Å². The van der Waals surface area contributed by atoms with Crippen molar-refractivity contribution >= 4 is 18.3 Å². The number of hydrogen-bond acceptors (Lipinski definition) is 3. The van der Waals surface area contributed by atoms with Gasteiger partial charge in [0.15, 0.2) is 0 Å². The van der Waals surface area contributed by atoms with Crippen LogP contribution in [0.15, 0.2) is 29.2 Å². The fourth-order valence-corrected chi connectivity index (χ4v) is 1.97. The summed E-state index contributed by atoms with van der Waals surface area (Å²) >= 11 is 4.35. The van der Waals surface area contributed by atoms with E-state index < -0.39 is 0 Å². The zero-order valence-electron chi connectivity index (χ0n) is 10.5. The third-order valence-corrected chi connectivity index (χ3v) is 2.98. The van der Waals surface area contributed by atoms with E-state index in [1.54, 1.807) is 0 Å². The number of piperazine rings is 1. The molecule has 2 nitrogen and oxygen atoms in total. The Morgan fingerprint density at radius 2 is 1.87 bits per heavy atom. The summed E-state index contributed by atoms with van der Waals surface area (Å²) in [6.45, 7) is 4.54. The second-order valence-electron chi connectivity index (χ2n) is 3.81. The molecule has 0 N–H and O–H groups in total. The van der Waals surface area contributed by atoms with Gasteiger partial charge < -0.3 is 11.2 Å². The molecule has 0 amide bonds. The maximum absolute atomic E-state index is 4.35. The van der Waals surface area contributed by atoms with Crippen molar-refractivity contribution in [1.82, 2.24) is 4.90 Å². The van der Waals surface area contributed by atoms with Crippen LogP contribution in [0.5, 0.6) is 0 Å². The van der Waals surface area contributed by atoms with Gasteiger partial charge in [0, 0.05) is 36.8 Å². The summed E-state index contributed by atoms with van der Waals surface area (Å²) in [4.78, 5) is 5.82. The normalized spacial score (nSPS) is 17.3. The Hall–Kier alpha value is 0.330. The van der Waals surface area contributed by atoms with E-state index in [-0.39, 0.29) is 31.0 Å². The number of nitrogens with zero attached hydrogens (tertiary/aromatic N) is 2. The quantitative estimate of drug-likeness (QED) is 0.482. The Kier molecular flexibility index (Phi) is 5.50. The first-order chi connectivity index (χ1) is 6.75. The Morgan fingerprint density at radius 1 is 1.20 bits per heavy atom. The van der Waals surface area contributed by atoms with Crippen molar-refractivity contribution in [2.45, 2.75) is 4.90 Å². The second kappa shape index (κ2) is 6.16. The molecule has 0 bridgehead atoms. The SMILES string of the molecule is CN1CCN(c2cccc(S)c2)CC1.[H-].[Na+]. The number of benzene rings is 1. The zero-order chi connectivity index (χ0) is 9.97. The summed E-state index contributed by atoms with van der Waals surface area (Å²) in [6, 6.07) is 8.37. The van der Waals surface area contributed by atoms with Gasteiger partial charge in [-0.2, -0.15) is 0 Å². The first-order valence-electron chi connectivity index (χ1n) is 4.98. The van der Waals surface area contributed by atoms with E-state index in [0.717, 1.165) is 31.1 Å². The van der Waals surface area contributed by atoms with Crippen molar-refractivity contribution in [3.63, 3.8) is 0 Å². The number of hydrogen-bond donors (Lipinski definition) is 1. The van der Waals surface area contributed by atoms with Crippen LogP contribution in [0.3, 0.4) is 0 Å². The number of thiol groups is 1. The van der Waals surface area contributed by atoms with Crippen LogP contribution in [0, 0.1) is 0 Å². The van der Waals surface area contributed by atoms with Crippen molar-refractivity contribution in [2.24, 2.45) is 0 Å². The topological polar surface area (TPSA) is 6.48 Å². The minimum atomic E-state index is 0. The molecule has 0 radical (unpaired) electrons. The monoisotopic (exact) mass is 232 g/mol. The Bertz CT molecular complexity index is 317. The summed E-state index contributed by atoms with van der Waals surface area (Å²) in [7, 11) is 2.17. The van der Waals surface area contributed by atoms with Crippen molar-refractivity contribution in [1.29, 1.82) is 0 Å². The van der Waals surface area contributed by atoms with Gasteiger partial charge in [0.1, 0.15) is 0 Å². The molecule has 1 saturated heterocycles. The maximum Gasteiger partial charge on any atom is 1.00 e. The van der Waals surface area contributed by atoms with E-state index >= 15 is 0 Å². The molecule has 0 atom stereocenters. The van der Waals surface area contributed by atoms with Crippen LogP contribution in [0.1, 0.15) is 1.43 Å². The largest absolute Gasteiger partial charge is 1.00 e. The Morgan fingerprint density at radius 3 is 2.47 bits per heavy atom. The summed E-state index contributed by atoms with van der Waals surface area (Å²) in [5.74, 6) is 0. The van der Waals surface area contributed by atoms with Gasteiger partial charge in [-0.3, -0.25) is 0 Å². The second-order valence-corrected chi connectivity index (χ2v) is 4.33. The number of rotatable bonds is 1. The molecule has 1 aliphatic rings. The predicted molar refractivity (Wildman–Crippen MR) is 64.5 cm³/mol. The van der Waals surface area contributed by atoms with Gasteiger partial charge in [0.05, 0.1) is 0 Å². The molecule has 2 rings (SSSR count). The van der Waals surface area contributed by atoms with E-state index in [9.17, 15) is 0 Å². The van der Waals surface area contributed by atoms with Crippen LogP contribution in [0.2, 0.25) is 0 Å². The van der Waals surface area contributed by atoms with Gasteiger partial charge >= 0.3 is 29.6 Å². The fraction of sp³-hybridized carbons (Fsp3) is 0.455. The molecule has 1 heterocycles. The van der Waals surface area contributed by atoms with E-state index in [2.05, 4.69) is 47.7 Å². The zero-order valence-corrected chi connectivity index (χ0v) is 12.4. The van der Waals surface area contributed by atoms with Gasteiger partial charge in [0.25, 0.3) is 0 Å².